The Labute approximate surface area is 195 Å². The molecule has 4 aromatic rings. The molecule has 0 radical (unpaired) electrons. The van der Waals surface area contributed by atoms with Crippen LogP contribution in [0.25, 0.3) is 21.8 Å². The summed E-state index contributed by atoms with van der Waals surface area (Å²) >= 11 is 1.59. The van der Waals surface area contributed by atoms with Crippen molar-refractivity contribution < 1.29 is 14.0 Å². The van der Waals surface area contributed by atoms with Gasteiger partial charge in [0.25, 0.3) is 0 Å². The van der Waals surface area contributed by atoms with Gasteiger partial charge in [-0.1, -0.05) is 54.6 Å². The maximum atomic E-state index is 12.9. The fraction of sp³-hybridized carbons (Fsp3) is 0.115. The van der Waals surface area contributed by atoms with Gasteiger partial charge in [0.1, 0.15) is 10.8 Å². The number of nitrogens with zero attached hydrogens (tertiary/aromatic N) is 1. The smallest absolute Gasteiger partial charge is 0.224 e. The molecule has 33 heavy (non-hydrogen) atoms. The van der Waals surface area contributed by atoms with E-state index >= 15 is 0 Å². The van der Waals surface area contributed by atoms with E-state index in [1.165, 1.54) is 24.3 Å². The van der Waals surface area contributed by atoms with E-state index in [2.05, 4.69) is 10.6 Å². The molecule has 1 aromatic heterocycles. The number of amides is 2. The Bertz CT molecular complexity index is 1220. The van der Waals surface area contributed by atoms with Crippen molar-refractivity contribution in [2.75, 3.05) is 5.32 Å². The second-order valence-electron chi connectivity index (χ2n) is 7.43. The van der Waals surface area contributed by atoms with Crippen molar-refractivity contribution in [3.63, 3.8) is 0 Å². The molecule has 0 saturated carbocycles. The molecule has 0 aliphatic rings. The van der Waals surface area contributed by atoms with Crippen molar-refractivity contribution >= 4 is 28.8 Å². The lowest BCUT2D eigenvalue weighted by atomic mass is 10.1. The van der Waals surface area contributed by atoms with Crippen LogP contribution in [0.5, 0.6) is 0 Å². The van der Waals surface area contributed by atoms with E-state index in [1.54, 1.807) is 11.3 Å². The van der Waals surface area contributed by atoms with Gasteiger partial charge in [-0.25, -0.2) is 9.37 Å². The van der Waals surface area contributed by atoms with Crippen LogP contribution in [0.4, 0.5) is 10.1 Å². The fourth-order valence-electron chi connectivity index (χ4n) is 3.19. The van der Waals surface area contributed by atoms with Crippen LogP contribution < -0.4 is 10.6 Å². The largest absolute Gasteiger partial charge is 0.352 e. The van der Waals surface area contributed by atoms with Crippen molar-refractivity contribution in [2.45, 2.75) is 19.4 Å². The van der Waals surface area contributed by atoms with Crippen LogP contribution in [0.15, 0.2) is 84.2 Å². The van der Waals surface area contributed by atoms with Gasteiger partial charge in [0.15, 0.2) is 0 Å². The number of benzene rings is 3. The number of hydrogen-bond donors (Lipinski definition) is 2. The van der Waals surface area contributed by atoms with E-state index in [0.717, 1.165) is 27.4 Å². The van der Waals surface area contributed by atoms with Crippen LogP contribution in [-0.4, -0.2) is 16.8 Å². The topological polar surface area (TPSA) is 71.1 Å². The molecule has 0 fully saturated rings. The molecule has 2 amide bonds. The molecule has 0 unspecified atom stereocenters. The van der Waals surface area contributed by atoms with Crippen molar-refractivity contribution in [3.05, 3.63) is 95.6 Å². The predicted molar refractivity (Wildman–Crippen MR) is 129 cm³/mol. The van der Waals surface area contributed by atoms with Gasteiger partial charge in [0.2, 0.25) is 11.8 Å². The minimum Gasteiger partial charge on any atom is -0.352 e. The Morgan fingerprint density at radius 2 is 1.52 bits per heavy atom. The van der Waals surface area contributed by atoms with Crippen molar-refractivity contribution in [1.82, 2.24) is 10.3 Å². The molecule has 5 nitrogen and oxygen atoms in total. The maximum Gasteiger partial charge on any atom is 0.224 e. The Hall–Kier alpha value is -3.84. The number of halogens is 1. The molecule has 166 valence electrons. The number of hydrogen-bond acceptors (Lipinski definition) is 4. The molecule has 7 heteroatoms. The summed E-state index contributed by atoms with van der Waals surface area (Å²) in [6, 6.07) is 23.4. The number of nitrogens with one attached hydrogen (secondary N) is 2. The Morgan fingerprint density at radius 1 is 0.818 bits per heavy atom. The summed E-state index contributed by atoms with van der Waals surface area (Å²) in [5.74, 6) is -0.871. The molecule has 0 bridgehead atoms. The third-order valence-electron chi connectivity index (χ3n) is 4.97. The van der Waals surface area contributed by atoms with Crippen LogP contribution in [0, 0.1) is 5.82 Å². The van der Waals surface area contributed by atoms with Crippen LogP contribution in [0.1, 0.15) is 18.4 Å². The summed E-state index contributed by atoms with van der Waals surface area (Å²) in [5.41, 5.74) is 4.52. The van der Waals surface area contributed by atoms with Gasteiger partial charge in [0.05, 0.1) is 5.69 Å². The summed E-state index contributed by atoms with van der Waals surface area (Å²) in [7, 11) is 0. The number of carbonyl (C=O) groups is 2. The maximum absolute atomic E-state index is 12.9. The summed E-state index contributed by atoms with van der Waals surface area (Å²) in [5, 5.41) is 8.46. The lowest BCUT2D eigenvalue weighted by Gasteiger charge is -2.07. The van der Waals surface area contributed by atoms with E-state index in [4.69, 9.17) is 4.98 Å². The SMILES string of the molecule is O=C(CCC(=O)Nc1ccc(F)cc1)NCc1ccc(-c2nc(-c3ccccc3)cs2)cc1. The van der Waals surface area contributed by atoms with E-state index in [1.807, 2.05) is 60.0 Å². The summed E-state index contributed by atoms with van der Waals surface area (Å²) in [6.45, 7) is 0.381. The van der Waals surface area contributed by atoms with Gasteiger partial charge in [0, 0.05) is 41.6 Å². The lowest BCUT2D eigenvalue weighted by molar-refractivity contribution is -0.124. The number of carbonyl (C=O) groups excluding carboxylic acids is 2. The van der Waals surface area contributed by atoms with Gasteiger partial charge in [-0.05, 0) is 29.8 Å². The molecule has 0 atom stereocenters. The Balaban J connectivity index is 1.24. The fourth-order valence-corrected chi connectivity index (χ4v) is 4.02. The number of thiazole rings is 1. The third kappa shape index (κ3) is 6.33. The predicted octanol–water partition coefficient (Wildman–Crippen LogP) is 5.65. The van der Waals surface area contributed by atoms with Gasteiger partial charge >= 0.3 is 0 Å². The van der Waals surface area contributed by atoms with Gasteiger partial charge in [-0.15, -0.1) is 11.3 Å². The van der Waals surface area contributed by atoms with Gasteiger partial charge < -0.3 is 10.6 Å². The highest BCUT2D eigenvalue weighted by molar-refractivity contribution is 7.13. The third-order valence-corrected chi connectivity index (χ3v) is 5.86. The van der Waals surface area contributed by atoms with Crippen LogP contribution in [0.3, 0.4) is 0 Å². The highest BCUT2D eigenvalue weighted by Crippen LogP contribution is 2.28. The van der Waals surface area contributed by atoms with Crippen LogP contribution in [0.2, 0.25) is 0 Å². The summed E-state index contributed by atoms with van der Waals surface area (Å²) in [4.78, 5) is 28.8. The Kier molecular flexibility index (Phi) is 7.22. The number of anilines is 1. The average Bonchev–Trinajstić information content (AvgIpc) is 3.34. The van der Waals surface area contributed by atoms with Crippen LogP contribution in [-0.2, 0) is 16.1 Å². The first-order valence-electron chi connectivity index (χ1n) is 10.5. The van der Waals surface area contributed by atoms with Gasteiger partial charge in [-0.2, -0.15) is 0 Å². The molecule has 1 heterocycles. The first kappa shape index (κ1) is 22.4. The molecular formula is C26H22FN3O2S. The summed E-state index contributed by atoms with van der Waals surface area (Å²) < 4.78 is 12.9. The van der Waals surface area contributed by atoms with Crippen molar-refractivity contribution in [1.29, 1.82) is 0 Å². The highest BCUT2D eigenvalue weighted by Gasteiger charge is 2.09. The van der Waals surface area contributed by atoms with E-state index in [9.17, 15) is 14.0 Å². The van der Waals surface area contributed by atoms with E-state index in [0.29, 0.717) is 12.2 Å². The molecule has 0 spiro atoms. The standard InChI is InChI=1S/C26H22FN3O2S/c27-21-10-12-22(13-11-21)29-25(32)15-14-24(31)28-16-18-6-8-20(9-7-18)26-30-23(17-33-26)19-4-2-1-3-5-19/h1-13,17H,14-16H2,(H,28,31)(H,29,32). The molecular weight excluding hydrogens is 437 g/mol. The number of aromatic nitrogens is 1. The summed E-state index contributed by atoms with van der Waals surface area (Å²) in [6.07, 6.45) is 0.127. The zero-order valence-electron chi connectivity index (χ0n) is 17.8. The molecule has 0 aliphatic carbocycles. The minimum atomic E-state index is -0.371. The second-order valence-corrected chi connectivity index (χ2v) is 8.29. The second kappa shape index (κ2) is 10.7. The lowest BCUT2D eigenvalue weighted by Crippen LogP contribution is -2.24. The first-order chi connectivity index (χ1) is 16.1. The van der Waals surface area contributed by atoms with Crippen LogP contribution >= 0.6 is 11.3 Å². The van der Waals surface area contributed by atoms with Gasteiger partial charge in [-0.3, -0.25) is 9.59 Å². The average molecular weight is 460 g/mol. The highest BCUT2D eigenvalue weighted by atomic mass is 32.1. The molecule has 2 N–H and O–H groups in total. The number of rotatable bonds is 8. The normalized spacial score (nSPS) is 10.6. The van der Waals surface area contributed by atoms with Crippen molar-refractivity contribution in [2.24, 2.45) is 0 Å². The monoisotopic (exact) mass is 459 g/mol. The molecule has 3 aromatic carbocycles. The molecule has 0 aliphatic heterocycles. The molecule has 4 rings (SSSR count). The van der Waals surface area contributed by atoms with Crippen molar-refractivity contribution in [3.8, 4) is 21.8 Å². The zero-order valence-corrected chi connectivity index (χ0v) is 18.6. The Morgan fingerprint density at radius 3 is 2.24 bits per heavy atom. The first-order valence-corrected chi connectivity index (χ1v) is 11.4. The molecule has 0 saturated heterocycles. The zero-order chi connectivity index (χ0) is 23.0. The van der Waals surface area contributed by atoms with E-state index < -0.39 is 0 Å². The van der Waals surface area contributed by atoms with E-state index in [-0.39, 0.29) is 30.5 Å². The minimum absolute atomic E-state index is 0.0515. The quantitative estimate of drug-likeness (QED) is 0.358.